The summed E-state index contributed by atoms with van der Waals surface area (Å²) in [6, 6.07) is 4.22. The van der Waals surface area contributed by atoms with Gasteiger partial charge in [0.05, 0.1) is 16.7 Å². The van der Waals surface area contributed by atoms with Crippen LogP contribution in [-0.4, -0.2) is 44.6 Å². The lowest BCUT2D eigenvalue weighted by atomic mass is 10.1. The Balaban J connectivity index is 1.50. The van der Waals surface area contributed by atoms with Crippen LogP contribution in [0.15, 0.2) is 12.1 Å². The monoisotopic (exact) mass is 367 g/mol. The molecular weight excluding hydrogens is 338 g/mol. The SMILES string of the molecule is Cc1cc2nc(CCC(=O)N(C)CCCc3c(C)n[nH]c3C)[nH]c2cc1C. The summed E-state index contributed by atoms with van der Waals surface area (Å²) in [6.45, 7) is 9.00. The predicted molar refractivity (Wildman–Crippen MR) is 108 cm³/mol. The van der Waals surface area contributed by atoms with Crippen molar-refractivity contribution >= 4 is 16.9 Å². The Morgan fingerprint density at radius 1 is 1.11 bits per heavy atom. The molecule has 1 aromatic carbocycles. The number of nitrogens with zero attached hydrogens (tertiary/aromatic N) is 3. The zero-order valence-corrected chi connectivity index (χ0v) is 16.9. The number of benzene rings is 1. The number of fused-ring (bicyclic) bond motifs is 1. The van der Waals surface area contributed by atoms with Crippen LogP contribution in [0.25, 0.3) is 11.0 Å². The molecule has 0 saturated heterocycles. The first-order chi connectivity index (χ1) is 12.8. The van der Waals surface area contributed by atoms with E-state index in [9.17, 15) is 4.79 Å². The van der Waals surface area contributed by atoms with Crippen molar-refractivity contribution < 1.29 is 4.79 Å². The molecule has 27 heavy (non-hydrogen) atoms. The van der Waals surface area contributed by atoms with Crippen molar-refractivity contribution in [1.82, 2.24) is 25.1 Å². The number of amides is 1. The number of nitrogens with one attached hydrogen (secondary N) is 2. The second kappa shape index (κ2) is 7.94. The lowest BCUT2D eigenvalue weighted by molar-refractivity contribution is -0.129. The van der Waals surface area contributed by atoms with Gasteiger partial charge < -0.3 is 9.88 Å². The fraction of sp³-hybridized carbons (Fsp3) is 0.476. The molecule has 0 aliphatic heterocycles. The molecule has 1 amide bonds. The summed E-state index contributed by atoms with van der Waals surface area (Å²) in [7, 11) is 1.88. The molecule has 0 saturated carbocycles. The van der Waals surface area contributed by atoms with Crippen molar-refractivity contribution in [2.45, 2.75) is 53.4 Å². The smallest absolute Gasteiger partial charge is 0.222 e. The minimum atomic E-state index is 0.156. The number of aryl methyl sites for hydroxylation is 5. The summed E-state index contributed by atoms with van der Waals surface area (Å²) in [5.74, 6) is 1.03. The minimum absolute atomic E-state index is 0.156. The number of H-pyrrole nitrogens is 2. The molecular formula is C21H29N5O. The van der Waals surface area contributed by atoms with Crippen molar-refractivity contribution in [3.63, 3.8) is 0 Å². The molecule has 6 heteroatoms. The van der Waals surface area contributed by atoms with Gasteiger partial charge >= 0.3 is 0 Å². The number of carbonyl (C=O) groups is 1. The van der Waals surface area contributed by atoms with Gasteiger partial charge in [-0.05, 0) is 69.4 Å². The predicted octanol–water partition coefficient (Wildman–Crippen LogP) is 3.54. The van der Waals surface area contributed by atoms with Gasteiger partial charge in [0.2, 0.25) is 5.91 Å². The van der Waals surface area contributed by atoms with Crippen LogP contribution in [0.4, 0.5) is 0 Å². The largest absolute Gasteiger partial charge is 0.346 e. The van der Waals surface area contributed by atoms with Crippen molar-refractivity contribution in [2.24, 2.45) is 0 Å². The molecule has 6 nitrogen and oxygen atoms in total. The summed E-state index contributed by atoms with van der Waals surface area (Å²) >= 11 is 0. The normalized spacial score (nSPS) is 11.3. The van der Waals surface area contributed by atoms with Crippen molar-refractivity contribution in [1.29, 1.82) is 0 Å². The quantitative estimate of drug-likeness (QED) is 0.670. The van der Waals surface area contributed by atoms with Gasteiger partial charge in [0.25, 0.3) is 0 Å². The summed E-state index contributed by atoms with van der Waals surface area (Å²) in [5.41, 5.74) is 7.94. The lowest BCUT2D eigenvalue weighted by Gasteiger charge is -2.16. The average Bonchev–Trinajstić information content (AvgIpc) is 3.16. The van der Waals surface area contributed by atoms with Crippen LogP contribution in [0.1, 0.15) is 46.7 Å². The number of imidazole rings is 1. The van der Waals surface area contributed by atoms with Crippen LogP contribution in [0, 0.1) is 27.7 Å². The third-order valence-corrected chi connectivity index (χ3v) is 5.35. The molecule has 0 spiro atoms. The summed E-state index contributed by atoms with van der Waals surface area (Å²) in [4.78, 5) is 22.2. The second-order valence-corrected chi connectivity index (χ2v) is 7.47. The number of aromatic nitrogens is 4. The molecule has 3 rings (SSSR count). The summed E-state index contributed by atoms with van der Waals surface area (Å²) < 4.78 is 0. The molecule has 0 radical (unpaired) electrons. The van der Waals surface area contributed by atoms with E-state index in [1.54, 1.807) is 0 Å². The standard InChI is InChI=1S/C21H29N5O/c1-13-11-18-19(12-14(13)2)23-20(22-18)8-9-21(27)26(5)10-6-7-17-15(3)24-25-16(17)4/h11-12H,6-10H2,1-5H3,(H,22,23)(H,24,25). The van der Waals surface area contributed by atoms with E-state index in [4.69, 9.17) is 0 Å². The second-order valence-electron chi connectivity index (χ2n) is 7.47. The molecule has 0 aliphatic carbocycles. The molecule has 2 aromatic heterocycles. The topological polar surface area (TPSA) is 77.7 Å². The van der Waals surface area contributed by atoms with Gasteiger partial charge in [0.1, 0.15) is 5.82 Å². The number of hydrogen-bond acceptors (Lipinski definition) is 3. The Labute approximate surface area is 160 Å². The lowest BCUT2D eigenvalue weighted by Crippen LogP contribution is -2.28. The van der Waals surface area contributed by atoms with Gasteiger partial charge in [-0.1, -0.05) is 0 Å². The molecule has 144 valence electrons. The highest BCUT2D eigenvalue weighted by molar-refractivity contribution is 5.78. The third kappa shape index (κ3) is 4.38. The first kappa shape index (κ1) is 19.1. The molecule has 3 aromatic rings. The minimum Gasteiger partial charge on any atom is -0.346 e. The highest BCUT2D eigenvalue weighted by Crippen LogP contribution is 2.18. The van der Waals surface area contributed by atoms with Gasteiger partial charge in [0.15, 0.2) is 0 Å². The Kier molecular flexibility index (Phi) is 5.63. The van der Waals surface area contributed by atoms with E-state index in [2.05, 4.69) is 46.1 Å². The van der Waals surface area contributed by atoms with Gasteiger partial charge in [-0.2, -0.15) is 5.10 Å². The highest BCUT2D eigenvalue weighted by atomic mass is 16.2. The molecule has 2 N–H and O–H groups in total. The van der Waals surface area contributed by atoms with E-state index in [1.807, 2.05) is 25.8 Å². The maximum Gasteiger partial charge on any atom is 0.222 e. The highest BCUT2D eigenvalue weighted by Gasteiger charge is 2.12. The number of aromatic amines is 2. The van der Waals surface area contributed by atoms with Gasteiger partial charge in [-0.3, -0.25) is 9.89 Å². The third-order valence-electron chi connectivity index (χ3n) is 5.35. The Morgan fingerprint density at radius 3 is 2.56 bits per heavy atom. The fourth-order valence-electron chi connectivity index (χ4n) is 3.42. The molecule has 0 unspecified atom stereocenters. The Bertz CT molecular complexity index is 895. The Morgan fingerprint density at radius 2 is 1.85 bits per heavy atom. The maximum atomic E-state index is 12.4. The number of carbonyl (C=O) groups excluding carboxylic acids is 1. The van der Waals surface area contributed by atoms with E-state index < -0.39 is 0 Å². The van der Waals surface area contributed by atoms with Crippen LogP contribution < -0.4 is 0 Å². The molecule has 0 aliphatic rings. The van der Waals surface area contributed by atoms with Crippen molar-refractivity contribution in [2.75, 3.05) is 13.6 Å². The number of rotatable bonds is 7. The summed E-state index contributed by atoms with van der Waals surface area (Å²) in [6.07, 6.45) is 2.98. The van der Waals surface area contributed by atoms with Gasteiger partial charge in [-0.25, -0.2) is 4.98 Å². The van der Waals surface area contributed by atoms with E-state index in [-0.39, 0.29) is 5.91 Å². The van der Waals surface area contributed by atoms with Gasteiger partial charge in [0, 0.05) is 32.1 Å². The van der Waals surface area contributed by atoms with Crippen LogP contribution in [0.2, 0.25) is 0 Å². The van der Waals surface area contributed by atoms with Crippen molar-refractivity contribution in [3.05, 3.63) is 46.0 Å². The van der Waals surface area contributed by atoms with Crippen LogP contribution in [0.5, 0.6) is 0 Å². The van der Waals surface area contributed by atoms with Crippen LogP contribution in [0.3, 0.4) is 0 Å². The van der Waals surface area contributed by atoms with E-state index in [0.29, 0.717) is 12.8 Å². The first-order valence-electron chi connectivity index (χ1n) is 9.55. The Hall–Kier alpha value is -2.63. The zero-order chi connectivity index (χ0) is 19.6. The fourth-order valence-corrected chi connectivity index (χ4v) is 3.42. The maximum absolute atomic E-state index is 12.4. The van der Waals surface area contributed by atoms with Gasteiger partial charge in [-0.15, -0.1) is 0 Å². The summed E-state index contributed by atoms with van der Waals surface area (Å²) in [5, 5.41) is 7.24. The molecule has 2 heterocycles. The molecule has 0 bridgehead atoms. The van der Waals surface area contributed by atoms with E-state index >= 15 is 0 Å². The van der Waals surface area contributed by atoms with E-state index in [1.165, 1.54) is 16.7 Å². The zero-order valence-electron chi connectivity index (χ0n) is 16.9. The molecule has 0 fully saturated rings. The average molecular weight is 367 g/mol. The van der Waals surface area contributed by atoms with Crippen molar-refractivity contribution in [3.8, 4) is 0 Å². The molecule has 0 atom stereocenters. The van der Waals surface area contributed by atoms with Crippen LogP contribution in [-0.2, 0) is 17.6 Å². The van der Waals surface area contributed by atoms with E-state index in [0.717, 1.165) is 47.6 Å². The first-order valence-corrected chi connectivity index (χ1v) is 9.55. The number of hydrogen-bond donors (Lipinski definition) is 2. The van der Waals surface area contributed by atoms with Crippen LogP contribution >= 0.6 is 0 Å².